The number of aromatic nitrogens is 4. The van der Waals surface area contributed by atoms with Crippen LogP contribution in [0.25, 0.3) is 5.82 Å². The smallest absolute Gasteiger partial charge is 0.434 e. The van der Waals surface area contributed by atoms with Gasteiger partial charge in [-0.15, -0.1) is 10.2 Å². The van der Waals surface area contributed by atoms with Gasteiger partial charge in [-0.25, -0.2) is 4.68 Å². The van der Waals surface area contributed by atoms with E-state index in [-0.39, 0.29) is 27.4 Å². The fourth-order valence-corrected chi connectivity index (χ4v) is 2.57. The van der Waals surface area contributed by atoms with Gasteiger partial charge in [0.25, 0.3) is 5.91 Å². The molecule has 1 amide bonds. The molecule has 0 fully saturated rings. The molecule has 0 bridgehead atoms. The molecule has 2 heterocycles. The van der Waals surface area contributed by atoms with Gasteiger partial charge in [0, 0.05) is 11.8 Å². The maximum atomic E-state index is 13.6. The zero-order valence-electron chi connectivity index (χ0n) is 14.0. The van der Waals surface area contributed by atoms with E-state index < -0.39 is 23.3 Å². The molecule has 0 aliphatic carbocycles. The second-order valence-corrected chi connectivity index (χ2v) is 6.15. The molecule has 146 valence electrons. The molecule has 3 rings (SSSR count). The highest BCUT2D eigenvalue weighted by atomic mass is 35.5. The lowest BCUT2D eigenvalue weighted by Crippen LogP contribution is -2.21. The molecule has 3 aromatic rings. The number of anilines is 1. The normalized spacial score (nSPS) is 11.4. The number of rotatable bonds is 4. The van der Waals surface area contributed by atoms with Gasteiger partial charge >= 0.3 is 6.18 Å². The van der Waals surface area contributed by atoms with Crippen LogP contribution in [0.15, 0.2) is 36.5 Å². The number of hydrogen-bond acceptors (Lipinski definition) is 5. The number of carbonyl (C=O) groups is 1. The number of nitrogens with zero attached hydrogens (tertiary/aromatic N) is 4. The van der Waals surface area contributed by atoms with Crippen LogP contribution >= 0.6 is 23.2 Å². The minimum absolute atomic E-state index is 0.113. The van der Waals surface area contributed by atoms with E-state index >= 15 is 0 Å². The second kappa shape index (κ2) is 7.64. The quantitative estimate of drug-likeness (QED) is 0.667. The van der Waals surface area contributed by atoms with Crippen molar-refractivity contribution in [2.45, 2.75) is 6.18 Å². The predicted octanol–water partition coefficient (Wildman–Crippen LogP) is 4.25. The lowest BCUT2D eigenvalue weighted by atomic mass is 10.2. The third-order valence-corrected chi connectivity index (χ3v) is 4.25. The molecule has 0 aliphatic rings. The molecule has 0 aliphatic heterocycles. The Balaban J connectivity index is 1.99. The average Bonchev–Trinajstić information content (AvgIpc) is 3.10. The molecule has 0 spiro atoms. The molecule has 0 unspecified atom stereocenters. The van der Waals surface area contributed by atoms with E-state index in [0.29, 0.717) is 4.68 Å². The van der Waals surface area contributed by atoms with E-state index in [2.05, 4.69) is 20.6 Å². The summed E-state index contributed by atoms with van der Waals surface area (Å²) in [5, 5.41) is 13.6. The Bertz CT molecular complexity index is 1020. The predicted molar refractivity (Wildman–Crippen MR) is 95.1 cm³/mol. The summed E-state index contributed by atoms with van der Waals surface area (Å²) in [7, 11) is 1.34. The Kier molecular flexibility index (Phi) is 5.43. The Morgan fingerprint density at radius 1 is 1.14 bits per heavy atom. The summed E-state index contributed by atoms with van der Waals surface area (Å²) in [6.45, 7) is 0. The summed E-state index contributed by atoms with van der Waals surface area (Å²) in [5.74, 6) is -1.15. The summed E-state index contributed by atoms with van der Waals surface area (Å²) in [5.41, 5.74) is -1.83. The van der Waals surface area contributed by atoms with Crippen molar-refractivity contribution in [3.05, 3.63) is 57.8 Å². The molecule has 2 aromatic heterocycles. The van der Waals surface area contributed by atoms with Gasteiger partial charge in [0.2, 0.25) is 5.88 Å². The van der Waals surface area contributed by atoms with Gasteiger partial charge in [0.1, 0.15) is 0 Å². The maximum absolute atomic E-state index is 13.6. The Morgan fingerprint density at radius 2 is 1.89 bits per heavy atom. The molecule has 1 N–H and O–H groups in total. The van der Waals surface area contributed by atoms with Gasteiger partial charge in [-0.3, -0.25) is 4.79 Å². The number of carbonyl (C=O) groups excluding carboxylic acids is 1. The lowest BCUT2D eigenvalue weighted by Gasteiger charge is -2.12. The first-order valence-corrected chi connectivity index (χ1v) is 8.26. The number of ether oxygens (including phenoxy) is 1. The maximum Gasteiger partial charge on any atom is 0.434 e. The van der Waals surface area contributed by atoms with Crippen LogP contribution in [0.5, 0.6) is 5.88 Å². The molecule has 0 radical (unpaired) electrons. The van der Waals surface area contributed by atoms with Crippen molar-refractivity contribution >= 4 is 34.8 Å². The van der Waals surface area contributed by atoms with E-state index in [1.54, 1.807) is 0 Å². The summed E-state index contributed by atoms with van der Waals surface area (Å²) in [6.07, 6.45) is -4.09. The van der Waals surface area contributed by atoms with Gasteiger partial charge in [0.15, 0.2) is 11.5 Å². The van der Waals surface area contributed by atoms with E-state index in [1.165, 1.54) is 37.4 Å². The van der Waals surface area contributed by atoms with Gasteiger partial charge in [-0.05, 0) is 24.3 Å². The summed E-state index contributed by atoms with van der Waals surface area (Å²) in [6, 6.07) is 6.67. The van der Waals surface area contributed by atoms with Crippen LogP contribution in [-0.4, -0.2) is 33.0 Å². The molecular formula is C16H10Cl2F3N5O2. The van der Waals surface area contributed by atoms with Crippen LogP contribution in [0.3, 0.4) is 0 Å². The highest BCUT2D eigenvalue weighted by Crippen LogP contribution is 2.34. The van der Waals surface area contributed by atoms with Crippen LogP contribution in [0.4, 0.5) is 18.9 Å². The first-order chi connectivity index (χ1) is 13.2. The topological polar surface area (TPSA) is 81.9 Å². The van der Waals surface area contributed by atoms with Crippen molar-refractivity contribution < 1.29 is 22.7 Å². The third-order valence-electron chi connectivity index (χ3n) is 3.51. The van der Waals surface area contributed by atoms with Crippen molar-refractivity contribution in [1.82, 2.24) is 20.0 Å². The van der Waals surface area contributed by atoms with Crippen LogP contribution in [0.1, 0.15) is 16.1 Å². The highest BCUT2D eigenvalue weighted by molar-refractivity contribution is 6.42. The Morgan fingerprint density at radius 3 is 2.46 bits per heavy atom. The number of halogens is 5. The van der Waals surface area contributed by atoms with Crippen LogP contribution in [0, 0.1) is 0 Å². The van der Waals surface area contributed by atoms with Crippen LogP contribution in [0.2, 0.25) is 10.0 Å². The minimum Gasteiger partial charge on any atom is -0.480 e. The van der Waals surface area contributed by atoms with Gasteiger partial charge in [0.05, 0.1) is 28.9 Å². The molecule has 28 heavy (non-hydrogen) atoms. The van der Waals surface area contributed by atoms with E-state index in [0.717, 1.165) is 6.20 Å². The minimum atomic E-state index is -4.89. The number of hydrogen-bond donors (Lipinski definition) is 1. The van der Waals surface area contributed by atoms with E-state index in [4.69, 9.17) is 27.9 Å². The van der Waals surface area contributed by atoms with Crippen molar-refractivity contribution in [2.24, 2.45) is 0 Å². The molecule has 7 nitrogen and oxygen atoms in total. The molecule has 0 saturated heterocycles. The highest BCUT2D eigenvalue weighted by Gasteiger charge is 2.41. The van der Waals surface area contributed by atoms with Crippen LogP contribution < -0.4 is 10.1 Å². The number of alkyl halides is 3. The van der Waals surface area contributed by atoms with Crippen molar-refractivity contribution in [3.63, 3.8) is 0 Å². The SMILES string of the molecule is COc1ccc(-n2ncc(C(=O)Nc3ccc(Cl)c(Cl)c3)c2C(F)(F)F)nn1. The molecular weight excluding hydrogens is 422 g/mol. The average molecular weight is 432 g/mol. The van der Waals surface area contributed by atoms with Crippen LogP contribution in [-0.2, 0) is 6.18 Å². The fraction of sp³-hybridized carbons (Fsp3) is 0.125. The van der Waals surface area contributed by atoms with Crippen molar-refractivity contribution in [3.8, 4) is 11.7 Å². The molecule has 0 saturated carbocycles. The Labute approximate surface area is 166 Å². The second-order valence-electron chi connectivity index (χ2n) is 5.33. The number of methoxy groups -OCH3 is 1. The molecule has 1 aromatic carbocycles. The lowest BCUT2D eigenvalue weighted by molar-refractivity contribution is -0.143. The zero-order chi connectivity index (χ0) is 20.5. The van der Waals surface area contributed by atoms with Gasteiger partial charge in [-0.1, -0.05) is 23.2 Å². The number of benzene rings is 1. The van der Waals surface area contributed by atoms with Gasteiger partial charge < -0.3 is 10.1 Å². The molecule has 12 heteroatoms. The number of nitrogens with one attached hydrogen (secondary N) is 1. The zero-order valence-corrected chi connectivity index (χ0v) is 15.5. The van der Waals surface area contributed by atoms with E-state index in [1.807, 2.05) is 0 Å². The van der Waals surface area contributed by atoms with Crippen molar-refractivity contribution in [1.29, 1.82) is 0 Å². The summed E-state index contributed by atoms with van der Waals surface area (Å²) in [4.78, 5) is 12.4. The first kappa shape index (κ1) is 19.9. The van der Waals surface area contributed by atoms with E-state index in [9.17, 15) is 18.0 Å². The summed E-state index contributed by atoms with van der Waals surface area (Å²) < 4.78 is 46.2. The third kappa shape index (κ3) is 4.02. The largest absolute Gasteiger partial charge is 0.480 e. The summed E-state index contributed by atoms with van der Waals surface area (Å²) >= 11 is 11.6. The first-order valence-electron chi connectivity index (χ1n) is 7.50. The standard InChI is InChI=1S/C16H10Cl2F3N5O2/c1-28-13-5-4-12(24-25-13)26-14(16(19,20)21)9(7-22-26)15(27)23-8-2-3-10(17)11(18)6-8/h2-7H,1H3,(H,23,27). The van der Waals surface area contributed by atoms with Gasteiger partial charge in [-0.2, -0.15) is 18.3 Å². The Hall–Kier alpha value is -2.85. The fourth-order valence-electron chi connectivity index (χ4n) is 2.27. The monoisotopic (exact) mass is 431 g/mol. The number of amides is 1. The molecule has 0 atom stereocenters. The van der Waals surface area contributed by atoms with Crippen molar-refractivity contribution in [2.75, 3.05) is 12.4 Å².